The number of nitrogens with zero attached hydrogens (tertiary/aromatic N) is 1. The van der Waals surface area contributed by atoms with E-state index in [1.807, 2.05) is 6.07 Å². The Labute approximate surface area is 175 Å². The molecule has 3 rings (SSSR count). The molecule has 1 aliphatic rings. The van der Waals surface area contributed by atoms with Crippen molar-refractivity contribution >= 4 is 38.7 Å². The molecule has 0 spiro atoms. The maximum Gasteiger partial charge on any atom is 0.243 e. The molecule has 2 aromatic rings. The topological polar surface area (TPSA) is 89.1 Å². The Balaban J connectivity index is 1.64. The molecule has 10 heteroatoms. The van der Waals surface area contributed by atoms with E-state index in [-0.39, 0.29) is 4.90 Å². The van der Waals surface area contributed by atoms with Gasteiger partial charge in [0.05, 0.1) is 32.3 Å². The Hall–Kier alpha value is -2.40. The second kappa shape index (κ2) is 9.40. The number of thiocarbonyl (C=S) groups is 1. The Bertz CT molecular complexity index is 958. The fourth-order valence-electron chi connectivity index (χ4n) is 2.85. The van der Waals surface area contributed by atoms with E-state index in [4.69, 9.17) is 26.4 Å². The lowest BCUT2D eigenvalue weighted by Crippen LogP contribution is -2.40. The largest absolute Gasteiger partial charge is 0.493 e. The summed E-state index contributed by atoms with van der Waals surface area (Å²) in [5.41, 5.74) is 1.40. The Morgan fingerprint density at radius 2 is 1.55 bits per heavy atom. The van der Waals surface area contributed by atoms with Gasteiger partial charge in [-0.1, -0.05) is 0 Å². The molecule has 1 saturated heterocycles. The molecule has 0 atom stereocenters. The van der Waals surface area contributed by atoms with Gasteiger partial charge in [-0.25, -0.2) is 8.42 Å². The van der Waals surface area contributed by atoms with Crippen LogP contribution in [0, 0.1) is 0 Å². The van der Waals surface area contributed by atoms with E-state index >= 15 is 0 Å². The number of hydrogen-bond donors (Lipinski definition) is 2. The highest BCUT2D eigenvalue weighted by Crippen LogP contribution is 2.29. The van der Waals surface area contributed by atoms with Gasteiger partial charge in [-0.2, -0.15) is 4.31 Å². The van der Waals surface area contributed by atoms with Crippen molar-refractivity contribution in [2.75, 3.05) is 51.2 Å². The first-order valence-corrected chi connectivity index (χ1v) is 10.8. The first-order valence-electron chi connectivity index (χ1n) is 8.92. The third-order valence-electron chi connectivity index (χ3n) is 4.36. The molecular weight excluding hydrogens is 414 g/mol. The van der Waals surface area contributed by atoms with Crippen LogP contribution >= 0.6 is 12.2 Å². The van der Waals surface area contributed by atoms with Crippen molar-refractivity contribution in [3.8, 4) is 11.5 Å². The number of ether oxygens (including phenoxy) is 3. The van der Waals surface area contributed by atoms with Gasteiger partial charge in [-0.3, -0.25) is 0 Å². The number of methoxy groups -OCH3 is 2. The third kappa shape index (κ3) is 5.15. The normalized spacial score (nSPS) is 14.8. The highest BCUT2D eigenvalue weighted by molar-refractivity contribution is 7.89. The smallest absolute Gasteiger partial charge is 0.243 e. The van der Waals surface area contributed by atoms with Crippen LogP contribution in [0.3, 0.4) is 0 Å². The van der Waals surface area contributed by atoms with E-state index in [0.29, 0.717) is 48.6 Å². The summed E-state index contributed by atoms with van der Waals surface area (Å²) < 4.78 is 42.5. The van der Waals surface area contributed by atoms with Gasteiger partial charge in [0.15, 0.2) is 16.6 Å². The highest BCUT2D eigenvalue weighted by atomic mass is 32.2. The maximum absolute atomic E-state index is 12.7. The number of benzene rings is 2. The molecule has 1 aliphatic heterocycles. The fourth-order valence-corrected chi connectivity index (χ4v) is 4.50. The predicted octanol–water partition coefficient (Wildman–Crippen LogP) is 2.53. The number of sulfonamides is 1. The lowest BCUT2D eigenvalue weighted by atomic mass is 10.2. The van der Waals surface area contributed by atoms with E-state index in [2.05, 4.69) is 10.6 Å². The number of nitrogens with one attached hydrogen (secondary N) is 2. The van der Waals surface area contributed by atoms with Crippen LogP contribution in [0.5, 0.6) is 11.5 Å². The predicted molar refractivity (Wildman–Crippen MR) is 115 cm³/mol. The third-order valence-corrected chi connectivity index (χ3v) is 6.48. The van der Waals surface area contributed by atoms with E-state index in [0.717, 1.165) is 5.69 Å². The van der Waals surface area contributed by atoms with Crippen LogP contribution in [0.1, 0.15) is 0 Å². The maximum atomic E-state index is 12.7. The lowest BCUT2D eigenvalue weighted by molar-refractivity contribution is 0.0730. The van der Waals surface area contributed by atoms with Crippen LogP contribution < -0.4 is 20.1 Å². The van der Waals surface area contributed by atoms with Crippen LogP contribution in [-0.4, -0.2) is 58.4 Å². The lowest BCUT2D eigenvalue weighted by Gasteiger charge is -2.26. The first-order chi connectivity index (χ1) is 13.9. The van der Waals surface area contributed by atoms with Gasteiger partial charge in [-0.05, 0) is 48.6 Å². The van der Waals surface area contributed by atoms with E-state index < -0.39 is 10.0 Å². The molecule has 0 unspecified atom stereocenters. The van der Waals surface area contributed by atoms with E-state index in [1.54, 1.807) is 50.6 Å². The summed E-state index contributed by atoms with van der Waals surface area (Å²) in [6.07, 6.45) is 0. The van der Waals surface area contributed by atoms with Crippen molar-refractivity contribution in [2.45, 2.75) is 4.90 Å². The van der Waals surface area contributed by atoms with Crippen molar-refractivity contribution in [1.29, 1.82) is 0 Å². The summed E-state index contributed by atoms with van der Waals surface area (Å²) >= 11 is 5.33. The number of rotatable bonds is 6. The van der Waals surface area contributed by atoms with Crippen molar-refractivity contribution in [3.63, 3.8) is 0 Å². The van der Waals surface area contributed by atoms with Crippen LogP contribution in [0.25, 0.3) is 0 Å². The van der Waals surface area contributed by atoms with Gasteiger partial charge in [0.25, 0.3) is 0 Å². The summed E-state index contributed by atoms with van der Waals surface area (Å²) in [7, 11) is -0.389. The molecule has 1 heterocycles. The SMILES string of the molecule is COc1ccc(NC(=S)Nc2ccc(S(=O)(=O)N3CCOCC3)cc2)cc1OC. The van der Waals surface area contributed by atoms with Crippen LogP contribution in [0.4, 0.5) is 11.4 Å². The quantitative estimate of drug-likeness (QED) is 0.667. The average Bonchev–Trinajstić information content (AvgIpc) is 2.74. The molecule has 2 N–H and O–H groups in total. The number of anilines is 2. The van der Waals surface area contributed by atoms with Crippen LogP contribution in [0.15, 0.2) is 47.4 Å². The van der Waals surface area contributed by atoms with Crippen LogP contribution in [-0.2, 0) is 14.8 Å². The van der Waals surface area contributed by atoms with Crippen molar-refractivity contribution in [3.05, 3.63) is 42.5 Å². The summed E-state index contributed by atoms with van der Waals surface area (Å²) in [4.78, 5) is 0.240. The summed E-state index contributed by atoms with van der Waals surface area (Å²) in [5.74, 6) is 1.20. The van der Waals surface area contributed by atoms with Crippen molar-refractivity contribution in [2.24, 2.45) is 0 Å². The molecule has 29 heavy (non-hydrogen) atoms. The molecule has 2 aromatic carbocycles. The Morgan fingerprint density at radius 1 is 0.966 bits per heavy atom. The number of hydrogen-bond acceptors (Lipinski definition) is 6. The van der Waals surface area contributed by atoms with E-state index in [1.165, 1.54) is 4.31 Å². The number of morpholine rings is 1. The molecule has 156 valence electrons. The molecule has 8 nitrogen and oxygen atoms in total. The first kappa shape index (κ1) is 21.3. The van der Waals surface area contributed by atoms with Gasteiger partial charge in [0.2, 0.25) is 10.0 Å². The van der Waals surface area contributed by atoms with Crippen molar-refractivity contribution in [1.82, 2.24) is 4.31 Å². The zero-order valence-electron chi connectivity index (χ0n) is 16.2. The van der Waals surface area contributed by atoms with E-state index in [9.17, 15) is 8.42 Å². The van der Waals surface area contributed by atoms with Gasteiger partial charge in [-0.15, -0.1) is 0 Å². The summed E-state index contributed by atoms with van der Waals surface area (Å²) in [6.45, 7) is 1.55. The molecular formula is C19H23N3O5S2. The molecule has 1 fully saturated rings. The highest BCUT2D eigenvalue weighted by Gasteiger charge is 2.26. The molecule has 0 bridgehead atoms. The molecule has 0 aromatic heterocycles. The average molecular weight is 438 g/mol. The molecule has 0 radical (unpaired) electrons. The van der Waals surface area contributed by atoms with Gasteiger partial charge < -0.3 is 24.8 Å². The Kier molecular flexibility index (Phi) is 6.91. The van der Waals surface area contributed by atoms with Crippen molar-refractivity contribution < 1.29 is 22.6 Å². The Morgan fingerprint density at radius 3 is 2.17 bits per heavy atom. The summed E-state index contributed by atoms with van der Waals surface area (Å²) in [6, 6.07) is 11.8. The second-order valence-corrected chi connectivity index (χ2v) is 8.54. The zero-order valence-corrected chi connectivity index (χ0v) is 17.8. The summed E-state index contributed by atoms with van der Waals surface area (Å²) in [5, 5.41) is 6.45. The standard InChI is InChI=1S/C19H23N3O5S2/c1-25-17-8-5-15(13-18(17)26-2)21-19(28)20-14-3-6-16(7-4-14)29(23,24)22-9-11-27-12-10-22/h3-8,13H,9-12H2,1-2H3,(H2,20,21,28). The van der Waals surface area contributed by atoms with Gasteiger partial charge in [0, 0.05) is 30.5 Å². The second-order valence-electron chi connectivity index (χ2n) is 6.19. The van der Waals surface area contributed by atoms with Crippen LogP contribution in [0.2, 0.25) is 0 Å². The molecule has 0 amide bonds. The van der Waals surface area contributed by atoms with Gasteiger partial charge >= 0.3 is 0 Å². The monoisotopic (exact) mass is 437 g/mol. The fraction of sp³-hybridized carbons (Fsp3) is 0.316. The minimum Gasteiger partial charge on any atom is -0.493 e. The minimum absolute atomic E-state index is 0.240. The molecule has 0 saturated carbocycles. The van der Waals surface area contributed by atoms with Gasteiger partial charge in [0.1, 0.15) is 0 Å². The minimum atomic E-state index is -3.52. The zero-order chi connectivity index (χ0) is 20.9. The molecule has 0 aliphatic carbocycles.